The minimum Gasteiger partial charge on any atom is -0.179 e. The molecule has 2 heteroatoms. The molecular weight excluding hydrogens is 256 g/mol. The summed E-state index contributed by atoms with van der Waals surface area (Å²) in [6.07, 6.45) is 6.36. The summed E-state index contributed by atoms with van der Waals surface area (Å²) < 4.78 is 0. The number of thiol groups is 1. The van der Waals surface area contributed by atoms with Gasteiger partial charge in [-0.2, -0.15) is 12.6 Å². The smallest absolute Gasteiger partial charge is 0.00750 e. The summed E-state index contributed by atoms with van der Waals surface area (Å²) in [6.45, 7) is 4.59. The molecular formula is C16H24S2. The SMILES string of the molecule is CCC(CC)(CS)CSc1ccc2c(c1)CCC2. The van der Waals surface area contributed by atoms with Crippen LogP contribution in [0.3, 0.4) is 0 Å². The monoisotopic (exact) mass is 280 g/mol. The van der Waals surface area contributed by atoms with E-state index in [0.717, 1.165) is 5.75 Å². The molecule has 0 aliphatic heterocycles. The second-order valence-corrected chi connectivity index (χ2v) is 6.80. The first-order valence-corrected chi connectivity index (χ1v) is 8.70. The zero-order valence-electron chi connectivity index (χ0n) is 11.5. The highest BCUT2D eigenvalue weighted by Crippen LogP contribution is 2.36. The van der Waals surface area contributed by atoms with Crippen LogP contribution in [0.1, 0.15) is 44.2 Å². The van der Waals surface area contributed by atoms with Crippen molar-refractivity contribution in [3.05, 3.63) is 29.3 Å². The number of hydrogen-bond acceptors (Lipinski definition) is 2. The van der Waals surface area contributed by atoms with E-state index in [9.17, 15) is 0 Å². The maximum absolute atomic E-state index is 4.56. The molecule has 2 rings (SSSR count). The van der Waals surface area contributed by atoms with E-state index < -0.39 is 0 Å². The molecule has 0 aromatic heterocycles. The van der Waals surface area contributed by atoms with E-state index in [1.807, 2.05) is 11.8 Å². The van der Waals surface area contributed by atoms with Crippen molar-refractivity contribution in [2.24, 2.45) is 5.41 Å². The molecule has 0 atom stereocenters. The number of fused-ring (bicyclic) bond motifs is 1. The van der Waals surface area contributed by atoms with Gasteiger partial charge in [-0.3, -0.25) is 0 Å². The van der Waals surface area contributed by atoms with Crippen molar-refractivity contribution in [1.29, 1.82) is 0 Å². The first-order chi connectivity index (χ1) is 8.73. The van der Waals surface area contributed by atoms with Crippen LogP contribution in [0.5, 0.6) is 0 Å². The van der Waals surface area contributed by atoms with Crippen LogP contribution in [-0.2, 0) is 12.8 Å². The molecule has 1 aromatic rings. The van der Waals surface area contributed by atoms with Crippen molar-refractivity contribution < 1.29 is 0 Å². The minimum absolute atomic E-state index is 0.410. The van der Waals surface area contributed by atoms with Gasteiger partial charge in [0.05, 0.1) is 0 Å². The summed E-state index contributed by atoms with van der Waals surface area (Å²) in [6, 6.07) is 7.07. The van der Waals surface area contributed by atoms with E-state index in [4.69, 9.17) is 0 Å². The predicted octanol–water partition coefficient (Wildman–Crippen LogP) is 5.00. The zero-order valence-corrected chi connectivity index (χ0v) is 13.2. The van der Waals surface area contributed by atoms with Gasteiger partial charge in [-0.15, -0.1) is 11.8 Å². The van der Waals surface area contributed by atoms with Gasteiger partial charge >= 0.3 is 0 Å². The van der Waals surface area contributed by atoms with E-state index in [1.165, 1.54) is 42.8 Å². The normalized spacial score (nSPS) is 14.8. The van der Waals surface area contributed by atoms with Gasteiger partial charge in [0.25, 0.3) is 0 Å². The Morgan fingerprint density at radius 3 is 2.56 bits per heavy atom. The molecule has 0 heterocycles. The van der Waals surface area contributed by atoms with Gasteiger partial charge in [-0.25, -0.2) is 0 Å². The molecule has 1 aromatic carbocycles. The Kier molecular flexibility index (Phi) is 5.08. The van der Waals surface area contributed by atoms with E-state index in [1.54, 1.807) is 11.1 Å². The van der Waals surface area contributed by atoms with Crippen LogP contribution in [0.4, 0.5) is 0 Å². The molecule has 0 saturated carbocycles. The molecule has 0 bridgehead atoms. The van der Waals surface area contributed by atoms with Gasteiger partial charge in [0, 0.05) is 10.6 Å². The lowest BCUT2D eigenvalue weighted by atomic mass is 9.87. The molecule has 18 heavy (non-hydrogen) atoms. The van der Waals surface area contributed by atoms with Gasteiger partial charge in [-0.05, 0) is 66.5 Å². The second kappa shape index (κ2) is 6.38. The van der Waals surface area contributed by atoms with Gasteiger partial charge in [0.2, 0.25) is 0 Å². The number of hydrogen-bond donors (Lipinski definition) is 1. The summed E-state index contributed by atoms with van der Waals surface area (Å²) in [7, 11) is 0. The zero-order chi connectivity index (χ0) is 13.0. The third-order valence-electron chi connectivity index (χ3n) is 4.45. The summed E-state index contributed by atoms with van der Waals surface area (Å²) >= 11 is 6.58. The molecule has 1 aliphatic rings. The molecule has 0 saturated heterocycles. The third kappa shape index (κ3) is 3.08. The van der Waals surface area contributed by atoms with Crippen molar-refractivity contribution >= 4 is 24.4 Å². The van der Waals surface area contributed by atoms with Crippen molar-refractivity contribution in [2.45, 2.75) is 50.8 Å². The maximum Gasteiger partial charge on any atom is 0.00750 e. The molecule has 0 amide bonds. The molecule has 0 nitrogen and oxygen atoms in total. The van der Waals surface area contributed by atoms with Crippen LogP contribution in [0.2, 0.25) is 0 Å². The predicted molar refractivity (Wildman–Crippen MR) is 86.1 cm³/mol. The van der Waals surface area contributed by atoms with Gasteiger partial charge < -0.3 is 0 Å². The van der Waals surface area contributed by atoms with Crippen LogP contribution in [0, 0.1) is 5.41 Å². The fourth-order valence-corrected chi connectivity index (χ4v) is 4.68. The van der Waals surface area contributed by atoms with E-state index >= 15 is 0 Å². The van der Waals surface area contributed by atoms with Crippen molar-refractivity contribution in [1.82, 2.24) is 0 Å². The lowest BCUT2D eigenvalue weighted by Gasteiger charge is -2.29. The first kappa shape index (κ1) is 14.3. The van der Waals surface area contributed by atoms with E-state index in [0.29, 0.717) is 5.41 Å². The Bertz CT molecular complexity index is 386. The Balaban J connectivity index is 2.01. The molecule has 0 fully saturated rings. The van der Waals surface area contributed by atoms with Crippen molar-refractivity contribution in [3.8, 4) is 0 Å². The standard InChI is InChI=1S/C16H24S2/c1-3-16(4-2,11-17)12-18-15-9-8-13-6-5-7-14(13)10-15/h8-10,17H,3-7,11-12H2,1-2H3. The highest BCUT2D eigenvalue weighted by Gasteiger charge is 2.24. The molecule has 0 unspecified atom stereocenters. The number of aryl methyl sites for hydroxylation is 2. The van der Waals surface area contributed by atoms with Crippen LogP contribution in [-0.4, -0.2) is 11.5 Å². The van der Waals surface area contributed by atoms with Gasteiger partial charge in [0.15, 0.2) is 0 Å². The Labute approximate surface area is 121 Å². The summed E-state index contributed by atoms with van der Waals surface area (Å²) in [5, 5.41) is 0. The fourth-order valence-electron chi connectivity index (χ4n) is 2.60. The van der Waals surface area contributed by atoms with E-state index in [-0.39, 0.29) is 0 Å². The largest absolute Gasteiger partial charge is 0.179 e. The molecule has 1 aliphatic carbocycles. The Morgan fingerprint density at radius 1 is 1.17 bits per heavy atom. The topological polar surface area (TPSA) is 0 Å². The van der Waals surface area contributed by atoms with Crippen LogP contribution >= 0.6 is 24.4 Å². The van der Waals surface area contributed by atoms with Gasteiger partial charge in [-0.1, -0.05) is 19.9 Å². The molecule has 0 N–H and O–H groups in total. The second-order valence-electron chi connectivity index (χ2n) is 5.44. The van der Waals surface area contributed by atoms with Crippen LogP contribution < -0.4 is 0 Å². The fraction of sp³-hybridized carbons (Fsp3) is 0.625. The van der Waals surface area contributed by atoms with Crippen molar-refractivity contribution in [2.75, 3.05) is 11.5 Å². The molecule has 0 radical (unpaired) electrons. The average Bonchev–Trinajstić information content (AvgIpc) is 2.88. The molecule has 0 spiro atoms. The van der Waals surface area contributed by atoms with Gasteiger partial charge in [0.1, 0.15) is 0 Å². The lowest BCUT2D eigenvalue weighted by molar-refractivity contribution is 0.357. The lowest BCUT2D eigenvalue weighted by Crippen LogP contribution is -2.24. The highest BCUT2D eigenvalue weighted by atomic mass is 32.2. The average molecular weight is 281 g/mol. The summed E-state index contributed by atoms with van der Waals surface area (Å²) in [4.78, 5) is 1.45. The third-order valence-corrected chi connectivity index (χ3v) is 6.47. The van der Waals surface area contributed by atoms with Crippen LogP contribution in [0.25, 0.3) is 0 Å². The van der Waals surface area contributed by atoms with Crippen molar-refractivity contribution in [3.63, 3.8) is 0 Å². The quantitative estimate of drug-likeness (QED) is 0.565. The summed E-state index contributed by atoms with van der Waals surface area (Å²) in [5.41, 5.74) is 3.57. The maximum atomic E-state index is 4.56. The Morgan fingerprint density at radius 2 is 1.89 bits per heavy atom. The number of rotatable bonds is 6. The molecule has 100 valence electrons. The number of thioether (sulfide) groups is 1. The minimum atomic E-state index is 0.410. The Hall–Kier alpha value is -0.0800. The summed E-state index contributed by atoms with van der Waals surface area (Å²) in [5.74, 6) is 2.19. The first-order valence-electron chi connectivity index (χ1n) is 7.08. The number of benzene rings is 1. The van der Waals surface area contributed by atoms with Crippen LogP contribution in [0.15, 0.2) is 23.1 Å². The van der Waals surface area contributed by atoms with E-state index in [2.05, 4.69) is 44.7 Å². The highest BCUT2D eigenvalue weighted by molar-refractivity contribution is 7.99.